The molecule has 0 saturated carbocycles. The second-order valence-corrected chi connectivity index (χ2v) is 5.24. The van der Waals surface area contributed by atoms with Crippen LogP contribution in [0.3, 0.4) is 0 Å². The van der Waals surface area contributed by atoms with Crippen LogP contribution in [0.15, 0.2) is 12.5 Å². The lowest BCUT2D eigenvalue weighted by Gasteiger charge is -2.25. The third kappa shape index (κ3) is 2.12. The van der Waals surface area contributed by atoms with Crippen molar-refractivity contribution in [3.63, 3.8) is 0 Å². The topological polar surface area (TPSA) is 43.8 Å². The molecule has 0 spiro atoms. The average Bonchev–Trinajstić information content (AvgIpc) is 2.65. The Balaban J connectivity index is 2.03. The fourth-order valence-electron chi connectivity index (χ4n) is 1.84. The highest BCUT2D eigenvalue weighted by atomic mass is 32.2. The van der Waals surface area contributed by atoms with Gasteiger partial charge in [-0.25, -0.2) is 4.98 Å². The molecule has 2 heterocycles. The molecule has 1 aromatic rings. The molecule has 0 radical (unpaired) electrons. The van der Waals surface area contributed by atoms with Crippen molar-refractivity contribution in [2.75, 3.05) is 5.75 Å². The van der Waals surface area contributed by atoms with Crippen LogP contribution in [0.4, 0.5) is 0 Å². The van der Waals surface area contributed by atoms with Crippen molar-refractivity contribution in [1.82, 2.24) is 9.55 Å². The second-order valence-electron chi connectivity index (χ2n) is 3.89. The number of hydrogen-bond acceptors (Lipinski definition) is 3. The Bertz CT molecular complexity index is 291. The minimum absolute atomic E-state index is 0.112. The number of rotatable bonds is 2. The number of imidazole rings is 1. The standard InChI is InChI=1S/C10H17N3S/c1-13-6-8(12-7-13)10(11)9-4-2-3-5-14-9/h6-7,9-10H,2-5,11H2,1H3. The summed E-state index contributed by atoms with van der Waals surface area (Å²) in [6.07, 6.45) is 7.75. The molecular weight excluding hydrogens is 194 g/mol. The van der Waals surface area contributed by atoms with E-state index in [1.165, 1.54) is 25.0 Å². The monoisotopic (exact) mass is 211 g/mol. The normalized spacial score (nSPS) is 24.9. The van der Waals surface area contributed by atoms with Gasteiger partial charge < -0.3 is 10.3 Å². The lowest BCUT2D eigenvalue weighted by Crippen LogP contribution is -2.26. The van der Waals surface area contributed by atoms with Crippen molar-refractivity contribution in [2.45, 2.75) is 30.6 Å². The zero-order valence-electron chi connectivity index (χ0n) is 8.52. The largest absolute Gasteiger partial charge is 0.340 e. The summed E-state index contributed by atoms with van der Waals surface area (Å²) in [7, 11) is 1.98. The van der Waals surface area contributed by atoms with Gasteiger partial charge in [0.05, 0.1) is 18.1 Å². The first-order chi connectivity index (χ1) is 6.77. The van der Waals surface area contributed by atoms with Gasteiger partial charge in [0.2, 0.25) is 0 Å². The van der Waals surface area contributed by atoms with Crippen LogP contribution < -0.4 is 5.73 Å². The van der Waals surface area contributed by atoms with E-state index in [9.17, 15) is 0 Å². The van der Waals surface area contributed by atoms with Gasteiger partial charge in [-0.15, -0.1) is 0 Å². The van der Waals surface area contributed by atoms with E-state index in [1.54, 1.807) is 0 Å². The van der Waals surface area contributed by atoms with Gasteiger partial charge in [-0.1, -0.05) is 6.42 Å². The van der Waals surface area contributed by atoms with Crippen LogP contribution in [0.25, 0.3) is 0 Å². The number of nitrogens with zero attached hydrogens (tertiary/aromatic N) is 2. The highest BCUT2D eigenvalue weighted by Gasteiger charge is 2.23. The van der Waals surface area contributed by atoms with E-state index < -0.39 is 0 Å². The van der Waals surface area contributed by atoms with E-state index in [0.29, 0.717) is 5.25 Å². The van der Waals surface area contributed by atoms with E-state index in [0.717, 1.165) is 5.69 Å². The van der Waals surface area contributed by atoms with E-state index in [-0.39, 0.29) is 6.04 Å². The van der Waals surface area contributed by atoms with Crippen LogP contribution in [0.2, 0.25) is 0 Å². The molecule has 1 fully saturated rings. The van der Waals surface area contributed by atoms with Gasteiger partial charge in [0.25, 0.3) is 0 Å². The first kappa shape index (κ1) is 10.1. The van der Waals surface area contributed by atoms with Crippen molar-refractivity contribution < 1.29 is 0 Å². The number of hydrogen-bond donors (Lipinski definition) is 1. The first-order valence-corrected chi connectivity index (χ1v) is 6.17. The summed E-state index contributed by atoms with van der Waals surface area (Å²) in [5.41, 5.74) is 7.22. The fourth-order valence-corrected chi connectivity index (χ4v) is 3.20. The maximum absolute atomic E-state index is 6.19. The molecule has 4 heteroatoms. The molecule has 0 aliphatic carbocycles. The SMILES string of the molecule is Cn1cnc(C(N)C2CCCCS2)c1. The highest BCUT2D eigenvalue weighted by Crippen LogP contribution is 2.32. The third-order valence-electron chi connectivity index (χ3n) is 2.68. The second kappa shape index (κ2) is 4.36. The fraction of sp³-hybridized carbons (Fsp3) is 0.700. The average molecular weight is 211 g/mol. The first-order valence-electron chi connectivity index (χ1n) is 5.12. The number of aryl methyl sites for hydroxylation is 1. The Morgan fingerprint density at radius 1 is 1.64 bits per heavy atom. The van der Waals surface area contributed by atoms with Gasteiger partial charge in [0.15, 0.2) is 0 Å². The summed E-state index contributed by atoms with van der Waals surface area (Å²) in [6.45, 7) is 0. The molecule has 1 aliphatic heterocycles. The van der Waals surface area contributed by atoms with Crippen LogP contribution in [-0.4, -0.2) is 20.6 Å². The Labute approximate surface area is 89.1 Å². The smallest absolute Gasteiger partial charge is 0.0947 e. The molecule has 0 amide bonds. The van der Waals surface area contributed by atoms with Crippen LogP contribution in [0.1, 0.15) is 31.0 Å². The molecule has 3 nitrogen and oxygen atoms in total. The summed E-state index contributed by atoms with van der Waals surface area (Å²) in [5.74, 6) is 1.26. The van der Waals surface area contributed by atoms with Gasteiger partial charge in [0, 0.05) is 18.5 Å². The Morgan fingerprint density at radius 3 is 3.07 bits per heavy atom. The van der Waals surface area contributed by atoms with Gasteiger partial charge in [0.1, 0.15) is 0 Å². The van der Waals surface area contributed by atoms with Crippen molar-refractivity contribution in [1.29, 1.82) is 0 Å². The lowest BCUT2D eigenvalue weighted by atomic mass is 10.1. The molecular formula is C10H17N3S. The zero-order chi connectivity index (χ0) is 9.97. The molecule has 14 heavy (non-hydrogen) atoms. The zero-order valence-corrected chi connectivity index (χ0v) is 9.33. The summed E-state index contributed by atoms with van der Waals surface area (Å²) < 4.78 is 1.96. The molecule has 2 N–H and O–H groups in total. The minimum Gasteiger partial charge on any atom is -0.340 e. The minimum atomic E-state index is 0.112. The van der Waals surface area contributed by atoms with Gasteiger partial charge in [-0.3, -0.25) is 0 Å². The highest BCUT2D eigenvalue weighted by molar-refractivity contribution is 8.00. The van der Waals surface area contributed by atoms with Crippen molar-refractivity contribution in [2.24, 2.45) is 12.8 Å². The molecule has 1 aromatic heterocycles. The van der Waals surface area contributed by atoms with E-state index in [4.69, 9.17) is 5.73 Å². The predicted octanol–water partition coefficient (Wildman–Crippen LogP) is 1.71. The molecule has 78 valence electrons. The third-order valence-corrected chi connectivity index (χ3v) is 4.16. The summed E-state index contributed by atoms with van der Waals surface area (Å²) >= 11 is 2.00. The quantitative estimate of drug-likeness (QED) is 0.810. The van der Waals surface area contributed by atoms with Crippen LogP contribution in [-0.2, 0) is 7.05 Å². The molecule has 1 aliphatic rings. The molecule has 2 unspecified atom stereocenters. The van der Waals surface area contributed by atoms with Gasteiger partial charge in [-0.05, 0) is 18.6 Å². The van der Waals surface area contributed by atoms with Crippen LogP contribution >= 0.6 is 11.8 Å². The molecule has 0 aromatic carbocycles. The molecule has 2 rings (SSSR count). The number of aromatic nitrogens is 2. The van der Waals surface area contributed by atoms with Crippen molar-refractivity contribution in [3.8, 4) is 0 Å². The Morgan fingerprint density at radius 2 is 2.50 bits per heavy atom. The van der Waals surface area contributed by atoms with Gasteiger partial charge in [-0.2, -0.15) is 11.8 Å². The van der Waals surface area contributed by atoms with Crippen LogP contribution in [0, 0.1) is 0 Å². The number of nitrogens with two attached hydrogens (primary N) is 1. The predicted molar refractivity (Wildman–Crippen MR) is 60.2 cm³/mol. The van der Waals surface area contributed by atoms with E-state index >= 15 is 0 Å². The molecule has 2 atom stereocenters. The summed E-state index contributed by atoms with van der Waals surface area (Å²) in [5, 5.41) is 0.568. The maximum Gasteiger partial charge on any atom is 0.0947 e. The maximum atomic E-state index is 6.19. The van der Waals surface area contributed by atoms with Crippen LogP contribution in [0.5, 0.6) is 0 Å². The lowest BCUT2D eigenvalue weighted by molar-refractivity contribution is 0.573. The Kier molecular flexibility index (Phi) is 3.13. The van der Waals surface area contributed by atoms with Crippen molar-refractivity contribution >= 4 is 11.8 Å². The molecule has 1 saturated heterocycles. The van der Waals surface area contributed by atoms with E-state index in [2.05, 4.69) is 4.98 Å². The number of thioether (sulfide) groups is 1. The Hall–Kier alpha value is -0.480. The summed E-state index contributed by atoms with van der Waals surface area (Å²) in [4.78, 5) is 4.32. The summed E-state index contributed by atoms with van der Waals surface area (Å²) in [6, 6.07) is 0.112. The van der Waals surface area contributed by atoms with E-state index in [1.807, 2.05) is 35.9 Å². The van der Waals surface area contributed by atoms with Crippen molar-refractivity contribution in [3.05, 3.63) is 18.2 Å². The van der Waals surface area contributed by atoms with Gasteiger partial charge >= 0.3 is 0 Å². The molecule has 0 bridgehead atoms.